The third kappa shape index (κ3) is 3.56. The highest BCUT2D eigenvalue weighted by molar-refractivity contribution is 5.92. The fourth-order valence-electron chi connectivity index (χ4n) is 4.00. The molecule has 130 valence electrons. The number of amides is 1. The summed E-state index contributed by atoms with van der Waals surface area (Å²) in [5, 5.41) is 0. The molecule has 0 radical (unpaired) electrons. The van der Waals surface area contributed by atoms with Gasteiger partial charge >= 0.3 is 0 Å². The number of carbonyl (C=O) groups is 1. The van der Waals surface area contributed by atoms with Crippen LogP contribution in [0.3, 0.4) is 0 Å². The minimum atomic E-state index is 0.00338. The van der Waals surface area contributed by atoms with E-state index in [0.29, 0.717) is 30.2 Å². The summed E-state index contributed by atoms with van der Waals surface area (Å²) in [5.74, 6) is 1.09. The van der Waals surface area contributed by atoms with Crippen LogP contribution in [0.4, 0.5) is 0 Å². The molecule has 0 bridgehead atoms. The molecule has 1 saturated carbocycles. The topological polar surface area (TPSA) is 55.3 Å². The molecule has 1 aliphatic carbocycles. The van der Waals surface area contributed by atoms with Crippen LogP contribution in [0.2, 0.25) is 0 Å². The van der Waals surface area contributed by atoms with E-state index in [4.69, 9.17) is 4.74 Å². The zero-order valence-corrected chi connectivity index (χ0v) is 14.5. The fourth-order valence-corrected chi connectivity index (χ4v) is 4.00. The van der Waals surface area contributed by atoms with Crippen LogP contribution in [-0.2, 0) is 11.3 Å². The van der Waals surface area contributed by atoms with Crippen molar-refractivity contribution in [2.24, 2.45) is 11.8 Å². The van der Waals surface area contributed by atoms with Crippen molar-refractivity contribution in [1.82, 2.24) is 14.9 Å². The first-order valence-corrected chi connectivity index (χ1v) is 8.92. The van der Waals surface area contributed by atoms with E-state index in [1.54, 1.807) is 12.4 Å². The SMILES string of the molecule is Cc1cnc(C(=O)N2C[C@H]3CC(OCc4ccccc4)C[C@H]3C2)cn1. The number of aromatic nitrogens is 2. The molecular weight excluding hydrogens is 314 g/mol. The Morgan fingerprint density at radius 3 is 2.48 bits per heavy atom. The number of carbonyl (C=O) groups excluding carboxylic acids is 1. The summed E-state index contributed by atoms with van der Waals surface area (Å²) in [7, 11) is 0. The molecule has 0 spiro atoms. The fraction of sp³-hybridized carbons (Fsp3) is 0.450. The van der Waals surface area contributed by atoms with E-state index in [2.05, 4.69) is 22.1 Å². The highest BCUT2D eigenvalue weighted by Crippen LogP contribution is 2.40. The van der Waals surface area contributed by atoms with Crippen LogP contribution in [0.1, 0.15) is 34.6 Å². The minimum Gasteiger partial charge on any atom is -0.374 e. The van der Waals surface area contributed by atoms with Crippen LogP contribution in [0.5, 0.6) is 0 Å². The van der Waals surface area contributed by atoms with Gasteiger partial charge in [0.1, 0.15) is 5.69 Å². The quantitative estimate of drug-likeness (QED) is 0.861. The lowest BCUT2D eigenvalue weighted by Crippen LogP contribution is -2.31. The summed E-state index contributed by atoms with van der Waals surface area (Å²) in [6.07, 6.45) is 5.63. The minimum absolute atomic E-state index is 0.00338. The Hall–Kier alpha value is -2.27. The van der Waals surface area contributed by atoms with Gasteiger partial charge in [-0.15, -0.1) is 0 Å². The van der Waals surface area contributed by atoms with Crippen LogP contribution < -0.4 is 0 Å². The molecule has 1 unspecified atom stereocenters. The smallest absolute Gasteiger partial charge is 0.274 e. The molecule has 2 fully saturated rings. The van der Waals surface area contributed by atoms with Crippen LogP contribution >= 0.6 is 0 Å². The van der Waals surface area contributed by atoms with Gasteiger partial charge in [-0.25, -0.2) is 4.98 Å². The molecule has 25 heavy (non-hydrogen) atoms. The van der Waals surface area contributed by atoms with Gasteiger partial charge in [-0.3, -0.25) is 9.78 Å². The van der Waals surface area contributed by atoms with Crippen molar-refractivity contribution in [3.63, 3.8) is 0 Å². The number of rotatable bonds is 4. The Kier molecular flexibility index (Phi) is 4.49. The Morgan fingerprint density at radius 1 is 1.12 bits per heavy atom. The van der Waals surface area contributed by atoms with E-state index in [1.165, 1.54) is 5.56 Å². The molecule has 2 aromatic rings. The lowest BCUT2D eigenvalue weighted by atomic mass is 10.0. The number of aryl methyl sites for hydroxylation is 1. The van der Waals surface area contributed by atoms with E-state index < -0.39 is 0 Å². The van der Waals surface area contributed by atoms with Gasteiger partial charge < -0.3 is 9.64 Å². The highest BCUT2D eigenvalue weighted by atomic mass is 16.5. The second-order valence-electron chi connectivity index (χ2n) is 7.16. The molecule has 1 aromatic heterocycles. The average Bonchev–Trinajstić information content (AvgIpc) is 3.19. The van der Waals surface area contributed by atoms with E-state index in [-0.39, 0.29) is 5.91 Å². The molecule has 5 nitrogen and oxygen atoms in total. The molecule has 2 aliphatic rings. The predicted molar refractivity (Wildman–Crippen MR) is 93.9 cm³/mol. The number of nitrogens with zero attached hydrogens (tertiary/aromatic N) is 3. The standard InChI is InChI=1S/C20H23N3O2/c1-14-9-22-19(10-21-14)20(24)23-11-16-7-18(8-17(16)12-23)25-13-15-5-3-2-4-6-15/h2-6,9-10,16-18H,7-8,11-13H2,1H3/t16-,17+,18?. The van der Waals surface area contributed by atoms with Crippen molar-refractivity contribution in [2.75, 3.05) is 13.1 Å². The number of fused-ring (bicyclic) bond motifs is 1. The van der Waals surface area contributed by atoms with E-state index in [1.807, 2.05) is 30.0 Å². The third-order valence-electron chi connectivity index (χ3n) is 5.32. The van der Waals surface area contributed by atoms with Crippen LogP contribution in [0, 0.1) is 18.8 Å². The largest absolute Gasteiger partial charge is 0.374 e. The van der Waals surface area contributed by atoms with E-state index >= 15 is 0 Å². The normalized spacial score (nSPS) is 25.2. The molecule has 1 aliphatic heterocycles. The lowest BCUT2D eigenvalue weighted by Gasteiger charge is -2.19. The second kappa shape index (κ2) is 6.92. The monoisotopic (exact) mass is 337 g/mol. The molecule has 4 rings (SSSR count). The lowest BCUT2D eigenvalue weighted by molar-refractivity contribution is 0.0367. The first kappa shape index (κ1) is 16.2. The zero-order valence-electron chi connectivity index (χ0n) is 14.5. The van der Waals surface area contributed by atoms with Gasteiger partial charge in [-0.1, -0.05) is 30.3 Å². The van der Waals surface area contributed by atoms with Gasteiger partial charge in [0.05, 0.1) is 24.6 Å². The van der Waals surface area contributed by atoms with E-state index in [0.717, 1.165) is 31.6 Å². The molecule has 5 heteroatoms. The van der Waals surface area contributed by atoms with Crippen molar-refractivity contribution >= 4 is 5.91 Å². The molecule has 2 heterocycles. The maximum absolute atomic E-state index is 12.6. The summed E-state index contributed by atoms with van der Waals surface area (Å²) >= 11 is 0. The molecule has 3 atom stereocenters. The predicted octanol–water partition coefficient (Wildman–Crippen LogP) is 2.85. The van der Waals surface area contributed by atoms with E-state index in [9.17, 15) is 4.79 Å². The first-order chi connectivity index (χ1) is 12.2. The molecule has 1 saturated heterocycles. The van der Waals surface area contributed by atoms with Gasteiger partial charge in [0.2, 0.25) is 0 Å². The molecule has 1 aromatic carbocycles. The number of hydrogen-bond donors (Lipinski definition) is 0. The highest BCUT2D eigenvalue weighted by Gasteiger charge is 2.43. The summed E-state index contributed by atoms with van der Waals surface area (Å²) in [6, 6.07) is 10.3. The summed E-state index contributed by atoms with van der Waals surface area (Å²) in [6.45, 7) is 4.16. The number of likely N-dealkylation sites (tertiary alicyclic amines) is 1. The van der Waals surface area contributed by atoms with Crippen LogP contribution in [0.25, 0.3) is 0 Å². The second-order valence-corrected chi connectivity index (χ2v) is 7.16. The summed E-state index contributed by atoms with van der Waals surface area (Å²) in [4.78, 5) is 22.9. The van der Waals surface area contributed by atoms with Crippen molar-refractivity contribution < 1.29 is 9.53 Å². The van der Waals surface area contributed by atoms with Crippen molar-refractivity contribution in [1.29, 1.82) is 0 Å². The van der Waals surface area contributed by atoms with Crippen molar-refractivity contribution in [3.8, 4) is 0 Å². The first-order valence-electron chi connectivity index (χ1n) is 8.92. The van der Waals surface area contributed by atoms with Crippen LogP contribution in [0.15, 0.2) is 42.7 Å². The average molecular weight is 337 g/mol. The van der Waals surface area contributed by atoms with Gasteiger partial charge in [-0.2, -0.15) is 0 Å². The Labute approximate surface area is 148 Å². The van der Waals surface area contributed by atoms with Crippen molar-refractivity contribution in [2.45, 2.75) is 32.5 Å². The third-order valence-corrected chi connectivity index (χ3v) is 5.32. The molecular formula is C20H23N3O2. The molecule has 1 amide bonds. The van der Waals surface area contributed by atoms with Crippen molar-refractivity contribution in [3.05, 3.63) is 59.7 Å². The number of benzene rings is 1. The van der Waals surface area contributed by atoms with Gasteiger partial charge in [0.25, 0.3) is 5.91 Å². The maximum Gasteiger partial charge on any atom is 0.274 e. The Bertz CT molecular complexity index is 718. The number of hydrogen-bond acceptors (Lipinski definition) is 4. The van der Waals surface area contributed by atoms with Gasteiger partial charge in [-0.05, 0) is 37.2 Å². The van der Waals surface area contributed by atoms with Crippen LogP contribution in [-0.4, -0.2) is 40.0 Å². The molecule has 0 N–H and O–H groups in total. The Morgan fingerprint density at radius 2 is 1.84 bits per heavy atom. The van der Waals surface area contributed by atoms with Gasteiger partial charge in [0, 0.05) is 19.3 Å². The summed E-state index contributed by atoms with van der Waals surface area (Å²) in [5.41, 5.74) is 2.49. The number of ether oxygens (including phenoxy) is 1. The Balaban J connectivity index is 1.30. The zero-order chi connectivity index (χ0) is 17.2. The summed E-state index contributed by atoms with van der Waals surface area (Å²) < 4.78 is 6.09. The maximum atomic E-state index is 12.6. The van der Waals surface area contributed by atoms with Gasteiger partial charge in [0.15, 0.2) is 0 Å².